The van der Waals surface area contributed by atoms with Crippen LogP contribution in [0.15, 0.2) is 58.2 Å². The molecule has 1 N–H and O–H groups in total. The van der Waals surface area contributed by atoms with Crippen molar-refractivity contribution in [3.05, 3.63) is 59.7 Å². The van der Waals surface area contributed by atoms with Crippen molar-refractivity contribution in [2.45, 2.75) is 30.7 Å². The summed E-state index contributed by atoms with van der Waals surface area (Å²) in [5.41, 5.74) is 2.37. The van der Waals surface area contributed by atoms with Crippen LogP contribution in [0.4, 0.5) is 0 Å². The first-order valence-electron chi connectivity index (χ1n) is 9.49. The molecule has 1 atom stereocenters. The van der Waals surface area contributed by atoms with Gasteiger partial charge in [-0.2, -0.15) is 0 Å². The van der Waals surface area contributed by atoms with E-state index in [1.54, 1.807) is 19.2 Å². The Labute approximate surface area is 179 Å². The predicted molar refractivity (Wildman–Crippen MR) is 115 cm³/mol. The van der Waals surface area contributed by atoms with E-state index in [1.165, 1.54) is 18.7 Å². The number of aromatic nitrogens is 2. The normalized spacial score (nSPS) is 11.7. The molecule has 0 fully saturated rings. The number of rotatable bonds is 9. The number of hydrogen-bond acceptors (Lipinski definition) is 7. The van der Waals surface area contributed by atoms with Gasteiger partial charge in [0.1, 0.15) is 5.75 Å². The van der Waals surface area contributed by atoms with E-state index in [0.29, 0.717) is 41.0 Å². The van der Waals surface area contributed by atoms with Crippen LogP contribution in [-0.4, -0.2) is 40.8 Å². The summed E-state index contributed by atoms with van der Waals surface area (Å²) in [6.07, 6.45) is 0.714. The fourth-order valence-corrected chi connectivity index (χ4v) is 3.61. The van der Waals surface area contributed by atoms with Gasteiger partial charge in [0, 0.05) is 19.0 Å². The average Bonchev–Trinajstić information content (AvgIpc) is 3.21. The maximum absolute atomic E-state index is 12.8. The Morgan fingerprint density at radius 2 is 1.87 bits per heavy atom. The minimum Gasteiger partial charge on any atom is -0.496 e. The lowest BCUT2D eigenvalue weighted by molar-refractivity contribution is -0.118. The summed E-state index contributed by atoms with van der Waals surface area (Å²) in [6, 6.07) is 14.8. The van der Waals surface area contributed by atoms with Gasteiger partial charge in [-0.25, -0.2) is 0 Å². The first kappa shape index (κ1) is 21.6. The van der Waals surface area contributed by atoms with Gasteiger partial charge < -0.3 is 14.5 Å². The van der Waals surface area contributed by atoms with Crippen LogP contribution in [0.25, 0.3) is 11.5 Å². The molecule has 0 saturated carbocycles. The van der Waals surface area contributed by atoms with Crippen molar-refractivity contribution in [1.82, 2.24) is 15.5 Å². The van der Waals surface area contributed by atoms with Crippen molar-refractivity contribution < 1.29 is 18.7 Å². The number of hydrogen-bond donors (Lipinski definition) is 1. The third kappa shape index (κ3) is 5.48. The molecule has 2 aromatic carbocycles. The van der Waals surface area contributed by atoms with Crippen LogP contribution in [0, 0.1) is 0 Å². The summed E-state index contributed by atoms with van der Waals surface area (Å²) in [7, 11) is 1.58. The smallest absolute Gasteiger partial charge is 0.277 e. The maximum atomic E-state index is 12.8. The molecule has 1 heterocycles. The van der Waals surface area contributed by atoms with Crippen LogP contribution in [0.1, 0.15) is 29.8 Å². The molecule has 156 valence electrons. The van der Waals surface area contributed by atoms with Crippen LogP contribution in [-0.2, 0) is 11.2 Å². The number of carbonyl (C=O) groups excluding carboxylic acids is 2. The van der Waals surface area contributed by atoms with E-state index in [4.69, 9.17) is 9.15 Å². The van der Waals surface area contributed by atoms with Gasteiger partial charge in [-0.15, -0.1) is 10.2 Å². The summed E-state index contributed by atoms with van der Waals surface area (Å²) in [4.78, 5) is 23.7. The minimum absolute atomic E-state index is 0.0227. The molecule has 0 aliphatic carbocycles. The number of ether oxygens (including phenoxy) is 1. The molecule has 3 aromatic rings. The van der Waals surface area contributed by atoms with Crippen LogP contribution in [0.5, 0.6) is 5.75 Å². The Kier molecular flexibility index (Phi) is 7.24. The van der Waals surface area contributed by atoms with E-state index in [-0.39, 0.29) is 16.9 Å². The number of thioether (sulfide) groups is 1. The number of para-hydroxylation sites is 1. The lowest BCUT2D eigenvalue weighted by Gasteiger charge is -2.09. The number of ketones is 1. The monoisotopic (exact) mass is 425 g/mol. The molecule has 1 aromatic heterocycles. The highest BCUT2D eigenvalue weighted by Gasteiger charge is 2.21. The topological polar surface area (TPSA) is 94.3 Å². The van der Waals surface area contributed by atoms with Gasteiger partial charge >= 0.3 is 0 Å². The number of methoxy groups -OCH3 is 1. The highest BCUT2D eigenvalue weighted by molar-refractivity contribution is 8.00. The number of carbonyl (C=O) groups is 2. The van der Waals surface area contributed by atoms with E-state index in [0.717, 1.165) is 5.56 Å². The number of nitrogens with zero attached hydrogens (tertiary/aromatic N) is 2. The van der Waals surface area contributed by atoms with Gasteiger partial charge in [0.2, 0.25) is 5.91 Å². The molecular formula is C22H23N3O4S. The van der Waals surface area contributed by atoms with Gasteiger partial charge in [-0.05, 0) is 31.0 Å². The molecule has 1 amide bonds. The Balaban J connectivity index is 1.62. The molecule has 0 radical (unpaired) electrons. The Morgan fingerprint density at radius 3 is 2.57 bits per heavy atom. The molecule has 0 aliphatic rings. The number of Topliss-reactive ketones (excluding diaryl/α,β-unsaturated/α-hetero) is 1. The van der Waals surface area contributed by atoms with Crippen LogP contribution in [0.3, 0.4) is 0 Å². The molecule has 30 heavy (non-hydrogen) atoms. The van der Waals surface area contributed by atoms with E-state index in [2.05, 4.69) is 15.5 Å². The lowest BCUT2D eigenvalue weighted by atomic mass is 10.0. The zero-order valence-corrected chi connectivity index (χ0v) is 17.9. The van der Waals surface area contributed by atoms with Crippen molar-refractivity contribution >= 4 is 23.5 Å². The van der Waals surface area contributed by atoms with Gasteiger partial charge in [-0.3, -0.25) is 9.59 Å². The average molecular weight is 426 g/mol. The summed E-state index contributed by atoms with van der Waals surface area (Å²) in [5.74, 6) is 0.909. The molecule has 1 unspecified atom stereocenters. The fourth-order valence-electron chi connectivity index (χ4n) is 2.85. The fraction of sp³-hybridized carbons (Fsp3) is 0.273. The predicted octanol–water partition coefficient (Wildman–Crippen LogP) is 3.79. The highest BCUT2D eigenvalue weighted by Crippen LogP contribution is 2.32. The summed E-state index contributed by atoms with van der Waals surface area (Å²) in [6.45, 7) is 3.87. The van der Waals surface area contributed by atoms with Crippen molar-refractivity contribution in [2.75, 3.05) is 13.7 Å². The first-order chi connectivity index (χ1) is 14.5. The summed E-state index contributed by atoms with van der Waals surface area (Å²) in [5, 5.41) is 10.8. The Morgan fingerprint density at radius 1 is 1.13 bits per heavy atom. The zero-order valence-electron chi connectivity index (χ0n) is 17.0. The largest absolute Gasteiger partial charge is 0.496 e. The lowest BCUT2D eigenvalue weighted by Crippen LogP contribution is -2.22. The van der Waals surface area contributed by atoms with Gasteiger partial charge in [0.15, 0.2) is 5.78 Å². The SMILES string of the molecule is COc1ccccc1-c1nnc(SC(C)C(=O)c2ccc(CCNC(C)=O)cc2)o1. The summed E-state index contributed by atoms with van der Waals surface area (Å²) >= 11 is 1.22. The number of benzene rings is 2. The summed E-state index contributed by atoms with van der Waals surface area (Å²) < 4.78 is 11.0. The van der Waals surface area contributed by atoms with Crippen molar-refractivity contribution in [3.8, 4) is 17.2 Å². The van der Waals surface area contributed by atoms with E-state index < -0.39 is 0 Å². The number of amides is 1. The van der Waals surface area contributed by atoms with E-state index in [1.807, 2.05) is 43.3 Å². The molecule has 8 heteroatoms. The number of nitrogens with one attached hydrogen (secondary N) is 1. The molecular weight excluding hydrogens is 402 g/mol. The second-order valence-electron chi connectivity index (χ2n) is 6.63. The third-order valence-corrected chi connectivity index (χ3v) is 5.35. The quantitative estimate of drug-likeness (QED) is 0.412. The van der Waals surface area contributed by atoms with Crippen molar-refractivity contribution in [3.63, 3.8) is 0 Å². The second-order valence-corrected chi connectivity index (χ2v) is 7.92. The minimum atomic E-state index is -0.388. The van der Waals surface area contributed by atoms with Crippen molar-refractivity contribution in [2.24, 2.45) is 0 Å². The van der Waals surface area contributed by atoms with Crippen LogP contribution in [0.2, 0.25) is 0 Å². The van der Waals surface area contributed by atoms with E-state index >= 15 is 0 Å². The highest BCUT2D eigenvalue weighted by atomic mass is 32.2. The molecule has 0 aliphatic heterocycles. The van der Waals surface area contributed by atoms with E-state index in [9.17, 15) is 9.59 Å². The molecule has 3 rings (SSSR count). The van der Waals surface area contributed by atoms with Gasteiger partial charge in [-0.1, -0.05) is 48.2 Å². The molecule has 0 spiro atoms. The Hall–Kier alpha value is -3.13. The second kappa shape index (κ2) is 10.1. The van der Waals surface area contributed by atoms with Crippen molar-refractivity contribution in [1.29, 1.82) is 0 Å². The molecule has 0 bridgehead atoms. The van der Waals surface area contributed by atoms with Crippen LogP contribution >= 0.6 is 11.8 Å². The zero-order chi connectivity index (χ0) is 21.5. The van der Waals surface area contributed by atoms with Crippen LogP contribution < -0.4 is 10.1 Å². The first-order valence-corrected chi connectivity index (χ1v) is 10.4. The standard InChI is InChI=1S/C22H23N3O4S/c1-14(20(27)17-10-8-16(9-11-17)12-13-23-15(2)26)30-22-25-24-21(29-22)18-6-4-5-7-19(18)28-3/h4-11,14H,12-13H2,1-3H3,(H,23,26). The van der Waals surface area contributed by atoms with Gasteiger partial charge in [0.05, 0.1) is 17.9 Å². The maximum Gasteiger partial charge on any atom is 0.277 e. The van der Waals surface area contributed by atoms with Gasteiger partial charge in [0.25, 0.3) is 11.1 Å². The Bertz CT molecular complexity index is 1020. The third-order valence-electron chi connectivity index (χ3n) is 4.42. The molecule has 7 nitrogen and oxygen atoms in total. The molecule has 0 saturated heterocycles.